The molecule has 1 fully saturated rings. The van der Waals surface area contributed by atoms with Crippen molar-refractivity contribution in [2.45, 2.75) is 31.8 Å². The number of hydrogen-bond acceptors (Lipinski definition) is 6. The van der Waals surface area contributed by atoms with Crippen LogP contribution in [0.15, 0.2) is 42.1 Å². The Balaban J connectivity index is 1.41. The summed E-state index contributed by atoms with van der Waals surface area (Å²) in [6.07, 6.45) is 10.3. The molecule has 1 heterocycles. The third-order valence-corrected chi connectivity index (χ3v) is 5.45. The zero-order valence-electron chi connectivity index (χ0n) is 17.6. The molecule has 3 aliphatic rings. The summed E-state index contributed by atoms with van der Waals surface area (Å²) in [5, 5.41) is 6.13. The predicted molar refractivity (Wildman–Crippen MR) is 115 cm³/mol. The number of carbonyl (C=O) groups is 1. The topological polar surface area (TPSA) is 78.0 Å². The number of carbonyl (C=O) groups excluding carboxylic acids is 1. The molecule has 1 amide bonds. The molecule has 0 radical (unpaired) electrons. The van der Waals surface area contributed by atoms with E-state index in [4.69, 9.17) is 18.9 Å². The molecule has 0 spiro atoms. The highest BCUT2D eigenvalue weighted by Crippen LogP contribution is 2.40. The lowest BCUT2D eigenvalue weighted by Gasteiger charge is -2.32. The Bertz CT molecular complexity index is 916. The average molecular weight is 412 g/mol. The smallest absolute Gasteiger partial charge is 0.411 e. The Labute approximate surface area is 176 Å². The standard InChI is InChI=1S/C23H28N2O5/c1-23(9-6-16(7-10-23)25-22(26)29-14-15-4-5-15)30-19-8-11-24-18-13-21(28-3)20(27-2)12-17(18)19/h6-9,12-13,15,24H,4-5,10-11,14H2,1-3H3,(H,25,26). The van der Waals surface area contributed by atoms with E-state index >= 15 is 0 Å². The number of ether oxygens (including phenoxy) is 4. The highest BCUT2D eigenvalue weighted by Gasteiger charge is 2.29. The van der Waals surface area contributed by atoms with Gasteiger partial charge < -0.3 is 24.3 Å². The zero-order valence-corrected chi connectivity index (χ0v) is 17.6. The van der Waals surface area contributed by atoms with Gasteiger partial charge in [0.25, 0.3) is 0 Å². The summed E-state index contributed by atoms with van der Waals surface area (Å²) >= 11 is 0. The molecule has 1 saturated carbocycles. The number of allylic oxidation sites excluding steroid dienone is 1. The van der Waals surface area contributed by atoms with Crippen LogP contribution in [0.2, 0.25) is 0 Å². The summed E-state index contributed by atoms with van der Waals surface area (Å²) in [4.78, 5) is 11.9. The van der Waals surface area contributed by atoms with Gasteiger partial charge in [0.15, 0.2) is 11.5 Å². The summed E-state index contributed by atoms with van der Waals surface area (Å²) in [5.41, 5.74) is 2.05. The second-order valence-electron chi connectivity index (χ2n) is 7.98. The first-order chi connectivity index (χ1) is 14.5. The number of anilines is 1. The van der Waals surface area contributed by atoms with E-state index < -0.39 is 11.7 Å². The fourth-order valence-corrected chi connectivity index (χ4v) is 3.46. The van der Waals surface area contributed by atoms with Crippen molar-refractivity contribution in [3.8, 4) is 11.5 Å². The number of alkyl carbamates (subject to hydrolysis) is 1. The fourth-order valence-electron chi connectivity index (χ4n) is 3.46. The van der Waals surface area contributed by atoms with Gasteiger partial charge in [-0.25, -0.2) is 4.79 Å². The number of rotatable bonds is 7. The van der Waals surface area contributed by atoms with Crippen molar-refractivity contribution in [1.29, 1.82) is 0 Å². The Morgan fingerprint density at radius 2 is 1.97 bits per heavy atom. The van der Waals surface area contributed by atoms with Gasteiger partial charge in [-0.3, -0.25) is 5.32 Å². The molecular formula is C23H28N2O5. The van der Waals surface area contributed by atoms with Gasteiger partial charge in [0.05, 0.1) is 20.8 Å². The van der Waals surface area contributed by atoms with Crippen LogP contribution in [0.1, 0.15) is 31.7 Å². The molecule has 160 valence electrons. The molecule has 2 aliphatic carbocycles. The van der Waals surface area contributed by atoms with E-state index in [2.05, 4.69) is 10.6 Å². The van der Waals surface area contributed by atoms with Gasteiger partial charge in [0.2, 0.25) is 0 Å². The summed E-state index contributed by atoms with van der Waals surface area (Å²) in [6, 6.07) is 3.83. The van der Waals surface area contributed by atoms with Crippen molar-refractivity contribution in [2.24, 2.45) is 5.92 Å². The van der Waals surface area contributed by atoms with E-state index in [1.165, 1.54) is 0 Å². The van der Waals surface area contributed by atoms with Crippen molar-refractivity contribution >= 4 is 17.5 Å². The summed E-state index contributed by atoms with van der Waals surface area (Å²) in [5.74, 6) is 2.64. The molecule has 4 rings (SSSR count). The minimum absolute atomic E-state index is 0.404. The Morgan fingerprint density at radius 3 is 2.63 bits per heavy atom. The second kappa shape index (κ2) is 8.34. The largest absolute Gasteiger partial charge is 0.493 e. The van der Waals surface area contributed by atoms with Crippen LogP contribution < -0.4 is 20.1 Å². The third-order valence-electron chi connectivity index (χ3n) is 5.45. The quantitative estimate of drug-likeness (QED) is 0.698. The minimum atomic E-state index is -0.531. The molecular weight excluding hydrogens is 384 g/mol. The maximum Gasteiger partial charge on any atom is 0.411 e. The van der Waals surface area contributed by atoms with Crippen LogP contribution in [0.3, 0.4) is 0 Å². The lowest BCUT2D eigenvalue weighted by atomic mass is 9.95. The molecule has 1 unspecified atom stereocenters. The van der Waals surface area contributed by atoms with Crippen LogP contribution in [0.5, 0.6) is 11.5 Å². The molecule has 1 aromatic carbocycles. The van der Waals surface area contributed by atoms with Crippen LogP contribution in [0, 0.1) is 5.92 Å². The van der Waals surface area contributed by atoms with Gasteiger partial charge in [-0.05, 0) is 50.0 Å². The van der Waals surface area contributed by atoms with Gasteiger partial charge in [-0.15, -0.1) is 0 Å². The van der Waals surface area contributed by atoms with E-state index in [1.807, 2.05) is 43.4 Å². The second-order valence-corrected chi connectivity index (χ2v) is 7.98. The molecule has 7 nitrogen and oxygen atoms in total. The summed E-state index contributed by atoms with van der Waals surface area (Å²) in [7, 11) is 3.23. The molecule has 2 N–H and O–H groups in total. The highest BCUT2D eigenvalue weighted by atomic mass is 16.5. The normalized spacial score (nSPS) is 22.1. The predicted octanol–water partition coefficient (Wildman–Crippen LogP) is 4.23. The van der Waals surface area contributed by atoms with Crippen LogP contribution in [0.25, 0.3) is 5.76 Å². The monoisotopic (exact) mass is 412 g/mol. The molecule has 1 aromatic rings. The summed E-state index contributed by atoms with van der Waals surface area (Å²) in [6.45, 7) is 3.18. The number of fused-ring (bicyclic) bond motifs is 1. The van der Waals surface area contributed by atoms with Crippen molar-refractivity contribution < 1.29 is 23.7 Å². The van der Waals surface area contributed by atoms with Crippen LogP contribution in [-0.2, 0) is 9.47 Å². The third kappa shape index (κ3) is 4.56. The lowest BCUT2D eigenvalue weighted by Crippen LogP contribution is -2.31. The lowest BCUT2D eigenvalue weighted by molar-refractivity contribution is 0.107. The van der Waals surface area contributed by atoms with Gasteiger partial charge in [-0.1, -0.05) is 6.08 Å². The molecule has 1 atom stereocenters. The van der Waals surface area contributed by atoms with E-state index in [1.54, 1.807) is 14.2 Å². The molecule has 7 heteroatoms. The Kier molecular flexibility index (Phi) is 5.61. The van der Waals surface area contributed by atoms with Crippen molar-refractivity contribution in [1.82, 2.24) is 5.32 Å². The van der Waals surface area contributed by atoms with Gasteiger partial charge >= 0.3 is 6.09 Å². The molecule has 0 aromatic heterocycles. The molecule has 0 saturated heterocycles. The Hall–Kier alpha value is -3.09. The molecule has 30 heavy (non-hydrogen) atoms. The van der Waals surface area contributed by atoms with Gasteiger partial charge in [0, 0.05) is 36.0 Å². The Morgan fingerprint density at radius 1 is 1.20 bits per heavy atom. The first-order valence-electron chi connectivity index (χ1n) is 10.2. The first-order valence-corrected chi connectivity index (χ1v) is 10.2. The van der Waals surface area contributed by atoms with Crippen LogP contribution in [-0.4, -0.2) is 39.1 Å². The summed E-state index contributed by atoms with van der Waals surface area (Å²) < 4.78 is 22.5. The maximum absolute atomic E-state index is 11.9. The number of benzene rings is 1. The molecule has 1 aliphatic heterocycles. The van der Waals surface area contributed by atoms with Gasteiger partial charge in [-0.2, -0.15) is 0 Å². The average Bonchev–Trinajstić information content (AvgIpc) is 3.58. The van der Waals surface area contributed by atoms with Crippen LogP contribution in [0.4, 0.5) is 10.5 Å². The van der Waals surface area contributed by atoms with Gasteiger partial charge in [0.1, 0.15) is 11.4 Å². The van der Waals surface area contributed by atoms with Crippen molar-refractivity contribution in [2.75, 3.05) is 32.7 Å². The van der Waals surface area contributed by atoms with E-state index in [-0.39, 0.29) is 0 Å². The number of amides is 1. The zero-order chi connectivity index (χ0) is 21.1. The number of nitrogens with one attached hydrogen (secondary N) is 2. The number of hydrogen-bond donors (Lipinski definition) is 2. The fraction of sp³-hybridized carbons (Fsp3) is 0.435. The van der Waals surface area contributed by atoms with E-state index in [0.717, 1.165) is 35.5 Å². The minimum Gasteiger partial charge on any atom is -0.493 e. The van der Waals surface area contributed by atoms with Crippen LogP contribution >= 0.6 is 0 Å². The van der Waals surface area contributed by atoms with E-state index in [9.17, 15) is 4.79 Å². The number of methoxy groups -OCH3 is 2. The SMILES string of the molecule is COc1cc2c(cc1OC)C(OC1(C)C=CC(NC(=O)OCC3CC3)=CC1)=CCN2. The van der Waals surface area contributed by atoms with E-state index in [0.29, 0.717) is 37.0 Å². The molecule has 0 bridgehead atoms. The first kappa shape index (κ1) is 20.2. The maximum atomic E-state index is 11.9. The van der Waals surface area contributed by atoms with Crippen molar-refractivity contribution in [3.63, 3.8) is 0 Å². The highest BCUT2D eigenvalue weighted by molar-refractivity contribution is 5.79. The van der Waals surface area contributed by atoms with Crippen molar-refractivity contribution in [3.05, 3.63) is 47.7 Å².